The molecule has 4 heteroatoms. The standard InChI is InChI=1S/C11H12Br2N2/c1-15(2)6-7-5-14-11-9(7)3-8(12)4-10(11)13/h3-5,14H,6H2,1-2H3. The van der Waals surface area contributed by atoms with Gasteiger partial charge >= 0.3 is 0 Å². The van der Waals surface area contributed by atoms with Gasteiger partial charge in [0, 0.05) is 27.1 Å². The molecule has 0 radical (unpaired) electrons. The second kappa shape index (κ2) is 4.28. The van der Waals surface area contributed by atoms with Gasteiger partial charge in [-0.3, -0.25) is 0 Å². The zero-order chi connectivity index (χ0) is 11.0. The number of fused-ring (bicyclic) bond motifs is 1. The van der Waals surface area contributed by atoms with Gasteiger partial charge in [-0.1, -0.05) is 15.9 Å². The summed E-state index contributed by atoms with van der Waals surface area (Å²) < 4.78 is 2.19. The van der Waals surface area contributed by atoms with Crippen LogP contribution in [-0.4, -0.2) is 24.0 Å². The largest absolute Gasteiger partial charge is 0.360 e. The molecule has 15 heavy (non-hydrogen) atoms. The van der Waals surface area contributed by atoms with Gasteiger partial charge in [-0.2, -0.15) is 0 Å². The summed E-state index contributed by atoms with van der Waals surface area (Å²) >= 11 is 7.06. The topological polar surface area (TPSA) is 19.0 Å². The molecule has 0 fully saturated rings. The molecule has 0 spiro atoms. The van der Waals surface area contributed by atoms with Crippen molar-refractivity contribution in [2.75, 3.05) is 14.1 Å². The maximum atomic E-state index is 3.55. The van der Waals surface area contributed by atoms with Crippen LogP contribution in [-0.2, 0) is 6.54 Å². The third-order valence-electron chi connectivity index (χ3n) is 2.28. The van der Waals surface area contributed by atoms with E-state index in [4.69, 9.17) is 0 Å². The van der Waals surface area contributed by atoms with Crippen LogP contribution in [0.4, 0.5) is 0 Å². The summed E-state index contributed by atoms with van der Waals surface area (Å²) in [6, 6.07) is 4.20. The molecule has 2 aromatic rings. The first kappa shape index (κ1) is 11.2. The normalized spacial score (nSPS) is 11.5. The molecule has 0 unspecified atom stereocenters. The molecular weight excluding hydrogens is 320 g/mol. The van der Waals surface area contributed by atoms with Gasteiger partial charge in [0.1, 0.15) is 0 Å². The van der Waals surface area contributed by atoms with Crippen LogP contribution in [0.5, 0.6) is 0 Å². The third kappa shape index (κ3) is 2.27. The van der Waals surface area contributed by atoms with Gasteiger partial charge < -0.3 is 9.88 Å². The number of rotatable bonds is 2. The van der Waals surface area contributed by atoms with Crippen LogP contribution >= 0.6 is 31.9 Å². The fraction of sp³-hybridized carbons (Fsp3) is 0.273. The molecular formula is C11H12Br2N2. The van der Waals surface area contributed by atoms with Gasteiger partial charge in [0.15, 0.2) is 0 Å². The Morgan fingerprint density at radius 2 is 2.00 bits per heavy atom. The molecule has 1 aromatic carbocycles. The summed E-state index contributed by atoms with van der Waals surface area (Å²) in [4.78, 5) is 5.46. The lowest BCUT2D eigenvalue weighted by Crippen LogP contribution is -2.10. The van der Waals surface area contributed by atoms with E-state index in [1.54, 1.807) is 0 Å². The summed E-state index contributed by atoms with van der Waals surface area (Å²) in [5.41, 5.74) is 2.48. The minimum absolute atomic E-state index is 0.947. The Kier molecular flexibility index (Phi) is 3.19. The van der Waals surface area contributed by atoms with Gasteiger partial charge in [0.2, 0.25) is 0 Å². The van der Waals surface area contributed by atoms with Gasteiger partial charge in [-0.05, 0) is 47.7 Å². The fourth-order valence-electron chi connectivity index (χ4n) is 1.68. The molecule has 0 saturated carbocycles. The second-order valence-corrected chi connectivity index (χ2v) is 5.63. The number of halogens is 2. The molecule has 2 rings (SSSR count). The Bertz CT molecular complexity index is 489. The van der Waals surface area contributed by atoms with E-state index < -0.39 is 0 Å². The van der Waals surface area contributed by atoms with Crippen molar-refractivity contribution in [1.29, 1.82) is 0 Å². The summed E-state index contributed by atoms with van der Waals surface area (Å²) in [6.07, 6.45) is 2.07. The van der Waals surface area contributed by atoms with Crippen LogP contribution in [0.2, 0.25) is 0 Å². The van der Waals surface area contributed by atoms with E-state index in [2.05, 4.69) is 74.2 Å². The molecule has 1 aromatic heterocycles. The Labute approximate surface area is 106 Å². The smallest absolute Gasteiger partial charge is 0.0602 e. The molecule has 2 nitrogen and oxygen atoms in total. The van der Waals surface area contributed by atoms with Crippen LogP contribution in [0, 0.1) is 0 Å². The number of aromatic amines is 1. The number of hydrogen-bond acceptors (Lipinski definition) is 1. The molecule has 1 N–H and O–H groups in total. The minimum Gasteiger partial charge on any atom is -0.360 e. The Morgan fingerprint density at radius 3 is 2.67 bits per heavy atom. The summed E-state index contributed by atoms with van der Waals surface area (Å²) in [5.74, 6) is 0. The highest BCUT2D eigenvalue weighted by Gasteiger charge is 2.08. The molecule has 0 aliphatic rings. The predicted octanol–water partition coefficient (Wildman–Crippen LogP) is 3.75. The van der Waals surface area contributed by atoms with Gasteiger partial charge in [-0.25, -0.2) is 0 Å². The zero-order valence-electron chi connectivity index (χ0n) is 8.64. The SMILES string of the molecule is CN(C)Cc1c[nH]c2c(Br)cc(Br)cc12. The molecule has 0 saturated heterocycles. The molecule has 0 aliphatic carbocycles. The number of hydrogen-bond donors (Lipinski definition) is 1. The fourth-order valence-corrected chi connectivity index (χ4v) is 3.02. The van der Waals surface area contributed by atoms with Crippen LogP contribution in [0.25, 0.3) is 10.9 Å². The first-order valence-corrected chi connectivity index (χ1v) is 6.26. The van der Waals surface area contributed by atoms with Crippen molar-refractivity contribution in [3.63, 3.8) is 0 Å². The highest BCUT2D eigenvalue weighted by atomic mass is 79.9. The molecule has 80 valence electrons. The van der Waals surface area contributed by atoms with Crippen molar-refractivity contribution in [1.82, 2.24) is 9.88 Å². The van der Waals surface area contributed by atoms with Crippen molar-refractivity contribution in [2.24, 2.45) is 0 Å². The van der Waals surface area contributed by atoms with Crippen molar-refractivity contribution in [2.45, 2.75) is 6.54 Å². The molecule has 1 heterocycles. The van der Waals surface area contributed by atoms with E-state index in [0.29, 0.717) is 0 Å². The Hall–Kier alpha value is -0.320. The first-order valence-electron chi connectivity index (χ1n) is 4.67. The van der Waals surface area contributed by atoms with Gasteiger partial charge in [0.25, 0.3) is 0 Å². The third-order valence-corrected chi connectivity index (χ3v) is 3.36. The average Bonchev–Trinajstić information content (AvgIpc) is 2.48. The highest BCUT2D eigenvalue weighted by molar-refractivity contribution is 9.11. The lowest BCUT2D eigenvalue weighted by molar-refractivity contribution is 0.404. The lowest BCUT2D eigenvalue weighted by atomic mass is 10.2. The van der Waals surface area contributed by atoms with Crippen LogP contribution in [0.3, 0.4) is 0 Å². The second-order valence-electron chi connectivity index (χ2n) is 3.86. The first-order chi connectivity index (χ1) is 7.08. The van der Waals surface area contributed by atoms with E-state index >= 15 is 0 Å². The van der Waals surface area contributed by atoms with E-state index in [1.165, 1.54) is 10.9 Å². The minimum atomic E-state index is 0.947. The number of aromatic nitrogens is 1. The van der Waals surface area contributed by atoms with Gasteiger partial charge in [0.05, 0.1) is 5.52 Å². The van der Waals surface area contributed by atoms with Crippen LogP contribution in [0.15, 0.2) is 27.3 Å². The summed E-state index contributed by atoms with van der Waals surface area (Å²) in [6.45, 7) is 0.947. The zero-order valence-corrected chi connectivity index (χ0v) is 11.8. The maximum Gasteiger partial charge on any atom is 0.0602 e. The molecule has 0 atom stereocenters. The number of nitrogens with one attached hydrogen (secondary N) is 1. The van der Waals surface area contributed by atoms with Crippen molar-refractivity contribution in [3.8, 4) is 0 Å². The molecule has 0 bridgehead atoms. The lowest BCUT2D eigenvalue weighted by Gasteiger charge is -2.08. The van der Waals surface area contributed by atoms with E-state index in [9.17, 15) is 0 Å². The average molecular weight is 332 g/mol. The monoisotopic (exact) mass is 330 g/mol. The summed E-state index contributed by atoms with van der Waals surface area (Å²) in [7, 11) is 4.15. The predicted molar refractivity (Wildman–Crippen MR) is 71.1 cm³/mol. The van der Waals surface area contributed by atoms with Crippen LogP contribution in [0.1, 0.15) is 5.56 Å². The molecule has 0 aliphatic heterocycles. The maximum absolute atomic E-state index is 3.55. The van der Waals surface area contributed by atoms with E-state index in [-0.39, 0.29) is 0 Å². The summed E-state index contributed by atoms with van der Waals surface area (Å²) in [5, 5.41) is 1.27. The molecule has 0 amide bonds. The highest BCUT2D eigenvalue weighted by Crippen LogP contribution is 2.30. The number of H-pyrrole nitrogens is 1. The van der Waals surface area contributed by atoms with Crippen molar-refractivity contribution in [3.05, 3.63) is 32.8 Å². The number of nitrogens with zero attached hydrogens (tertiary/aromatic N) is 1. The Morgan fingerprint density at radius 1 is 1.27 bits per heavy atom. The van der Waals surface area contributed by atoms with E-state index in [0.717, 1.165) is 21.0 Å². The van der Waals surface area contributed by atoms with Crippen molar-refractivity contribution >= 4 is 42.8 Å². The Balaban J connectivity index is 2.58. The van der Waals surface area contributed by atoms with Gasteiger partial charge in [-0.15, -0.1) is 0 Å². The van der Waals surface area contributed by atoms with E-state index in [1.807, 2.05) is 0 Å². The number of benzene rings is 1. The van der Waals surface area contributed by atoms with Crippen LogP contribution < -0.4 is 0 Å². The quantitative estimate of drug-likeness (QED) is 0.887. The van der Waals surface area contributed by atoms with Crippen molar-refractivity contribution < 1.29 is 0 Å².